The number of methoxy groups -OCH3 is 1. The summed E-state index contributed by atoms with van der Waals surface area (Å²) in [6.07, 6.45) is 0. The zero-order valence-electron chi connectivity index (χ0n) is 6.13. The average Bonchev–Trinajstić information content (AvgIpc) is 2.47. The fraction of sp³-hybridized carbons (Fsp3) is 0.111. The molecule has 0 fully saturated rings. The second-order valence-corrected chi connectivity index (χ2v) is 3.14. The van der Waals surface area contributed by atoms with E-state index in [2.05, 4.69) is 6.07 Å². The SMILES string of the molecule is COc1csc2cc[c]cc12. The van der Waals surface area contributed by atoms with E-state index in [-0.39, 0.29) is 0 Å². The summed E-state index contributed by atoms with van der Waals surface area (Å²) >= 11 is 1.69. The summed E-state index contributed by atoms with van der Waals surface area (Å²) in [4.78, 5) is 0. The van der Waals surface area contributed by atoms with E-state index in [0.717, 1.165) is 11.1 Å². The lowest BCUT2D eigenvalue weighted by molar-refractivity contribution is 0.421. The molecule has 55 valence electrons. The molecule has 2 heteroatoms. The Morgan fingerprint density at radius 2 is 2.45 bits per heavy atom. The van der Waals surface area contributed by atoms with E-state index in [1.54, 1.807) is 18.4 Å². The van der Waals surface area contributed by atoms with Crippen LogP contribution in [-0.4, -0.2) is 7.11 Å². The average molecular weight is 163 g/mol. The lowest BCUT2D eigenvalue weighted by atomic mass is 10.2. The van der Waals surface area contributed by atoms with E-state index in [1.165, 1.54) is 4.70 Å². The maximum Gasteiger partial charge on any atom is 0.137 e. The third-order valence-electron chi connectivity index (χ3n) is 1.60. The Morgan fingerprint density at radius 3 is 3.27 bits per heavy atom. The molecule has 0 aliphatic rings. The van der Waals surface area contributed by atoms with Crippen molar-refractivity contribution in [1.82, 2.24) is 0 Å². The summed E-state index contributed by atoms with van der Waals surface area (Å²) < 4.78 is 6.41. The van der Waals surface area contributed by atoms with Crippen LogP contribution in [-0.2, 0) is 0 Å². The van der Waals surface area contributed by atoms with Crippen molar-refractivity contribution in [2.24, 2.45) is 0 Å². The second-order valence-electron chi connectivity index (χ2n) is 2.23. The van der Waals surface area contributed by atoms with E-state index >= 15 is 0 Å². The highest BCUT2D eigenvalue weighted by atomic mass is 32.1. The van der Waals surface area contributed by atoms with Gasteiger partial charge in [-0.05, 0) is 18.2 Å². The maximum absolute atomic E-state index is 5.16. The first kappa shape index (κ1) is 6.68. The molecule has 0 spiro atoms. The van der Waals surface area contributed by atoms with Gasteiger partial charge in [-0.15, -0.1) is 11.3 Å². The van der Waals surface area contributed by atoms with Gasteiger partial charge >= 0.3 is 0 Å². The Labute approximate surface area is 69.2 Å². The van der Waals surface area contributed by atoms with Gasteiger partial charge in [0.15, 0.2) is 0 Å². The summed E-state index contributed by atoms with van der Waals surface area (Å²) in [7, 11) is 1.69. The minimum atomic E-state index is 0.946. The molecule has 0 atom stereocenters. The molecule has 1 radical (unpaired) electrons. The van der Waals surface area contributed by atoms with E-state index in [9.17, 15) is 0 Å². The standard InChI is InChI=1S/C9H7OS/c1-10-8-6-11-9-5-3-2-4-7(8)9/h3-6H,1H3. The number of benzene rings is 1. The Hall–Kier alpha value is -1.02. The molecule has 0 aliphatic heterocycles. The van der Waals surface area contributed by atoms with Crippen molar-refractivity contribution in [3.63, 3.8) is 0 Å². The molecule has 1 aromatic carbocycles. The number of thiophene rings is 1. The highest BCUT2D eigenvalue weighted by Crippen LogP contribution is 2.30. The second kappa shape index (κ2) is 2.55. The number of rotatable bonds is 1. The maximum atomic E-state index is 5.16. The predicted molar refractivity (Wildman–Crippen MR) is 47.2 cm³/mol. The first-order valence-electron chi connectivity index (χ1n) is 3.33. The van der Waals surface area contributed by atoms with Gasteiger partial charge in [0, 0.05) is 15.5 Å². The van der Waals surface area contributed by atoms with Crippen LogP contribution in [0.3, 0.4) is 0 Å². The fourth-order valence-corrected chi connectivity index (χ4v) is 1.94. The van der Waals surface area contributed by atoms with Gasteiger partial charge in [-0.2, -0.15) is 0 Å². The van der Waals surface area contributed by atoms with E-state index in [4.69, 9.17) is 4.74 Å². The molecule has 2 aromatic rings. The Kier molecular flexibility index (Phi) is 1.55. The van der Waals surface area contributed by atoms with Gasteiger partial charge < -0.3 is 4.74 Å². The molecular weight excluding hydrogens is 156 g/mol. The Balaban J connectivity index is 2.76. The molecule has 1 heterocycles. The van der Waals surface area contributed by atoms with Crippen LogP contribution in [0.15, 0.2) is 23.6 Å². The Bertz CT molecular complexity index is 364. The lowest BCUT2D eigenvalue weighted by Crippen LogP contribution is -1.77. The van der Waals surface area contributed by atoms with Crippen molar-refractivity contribution in [2.45, 2.75) is 0 Å². The molecule has 1 nitrogen and oxygen atoms in total. The third kappa shape index (κ3) is 0.994. The topological polar surface area (TPSA) is 9.23 Å². The zero-order valence-corrected chi connectivity index (χ0v) is 6.94. The van der Waals surface area contributed by atoms with Crippen LogP contribution < -0.4 is 4.74 Å². The predicted octanol–water partition coefficient (Wildman–Crippen LogP) is 2.71. The first-order valence-corrected chi connectivity index (χ1v) is 4.21. The van der Waals surface area contributed by atoms with Gasteiger partial charge in [0.25, 0.3) is 0 Å². The molecule has 2 rings (SSSR count). The molecular formula is C9H7OS. The summed E-state index contributed by atoms with van der Waals surface area (Å²) in [6.45, 7) is 0. The minimum absolute atomic E-state index is 0.946. The van der Waals surface area contributed by atoms with Gasteiger partial charge in [0.05, 0.1) is 7.11 Å². The molecule has 0 amide bonds. The highest BCUT2D eigenvalue weighted by Gasteiger charge is 2.00. The molecule has 0 aliphatic carbocycles. The summed E-state index contributed by atoms with van der Waals surface area (Å²) in [5, 5.41) is 3.17. The van der Waals surface area contributed by atoms with Gasteiger partial charge in [0.2, 0.25) is 0 Å². The monoisotopic (exact) mass is 163 g/mol. The van der Waals surface area contributed by atoms with Crippen LogP contribution in [0.1, 0.15) is 0 Å². The molecule has 0 unspecified atom stereocenters. The molecule has 0 N–H and O–H groups in total. The van der Waals surface area contributed by atoms with Crippen LogP contribution in [0, 0.1) is 6.07 Å². The van der Waals surface area contributed by atoms with Crippen LogP contribution >= 0.6 is 11.3 Å². The highest BCUT2D eigenvalue weighted by molar-refractivity contribution is 7.17. The summed E-state index contributed by atoms with van der Waals surface area (Å²) in [5.74, 6) is 0.946. The number of fused-ring (bicyclic) bond motifs is 1. The van der Waals surface area contributed by atoms with Gasteiger partial charge in [-0.3, -0.25) is 0 Å². The van der Waals surface area contributed by atoms with Crippen LogP contribution in [0.2, 0.25) is 0 Å². The van der Waals surface area contributed by atoms with Crippen molar-refractivity contribution in [3.05, 3.63) is 29.6 Å². The Morgan fingerprint density at radius 1 is 1.55 bits per heavy atom. The van der Waals surface area contributed by atoms with E-state index < -0.39 is 0 Å². The molecule has 0 saturated carbocycles. The molecule has 1 aromatic heterocycles. The normalized spacial score (nSPS) is 10.3. The van der Waals surface area contributed by atoms with Crippen LogP contribution in [0.25, 0.3) is 10.1 Å². The molecule has 0 bridgehead atoms. The van der Waals surface area contributed by atoms with Gasteiger partial charge in [-0.1, -0.05) is 6.07 Å². The van der Waals surface area contributed by atoms with E-state index in [0.29, 0.717) is 0 Å². The van der Waals surface area contributed by atoms with Crippen LogP contribution in [0.5, 0.6) is 5.75 Å². The largest absolute Gasteiger partial charge is 0.495 e. The fourth-order valence-electron chi connectivity index (χ4n) is 1.05. The van der Waals surface area contributed by atoms with Gasteiger partial charge in [0.1, 0.15) is 5.75 Å². The van der Waals surface area contributed by atoms with Crippen molar-refractivity contribution in [2.75, 3.05) is 7.11 Å². The number of hydrogen-bond donors (Lipinski definition) is 0. The van der Waals surface area contributed by atoms with Crippen molar-refractivity contribution in [3.8, 4) is 5.75 Å². The quantitative estimate of drug-likeness (QED) is 0.628. The minimum Gasteiger partial charge on any atom is -0.495 e. The first-order chi connectivity index (χ1) is 5.42. The smallest absolute Gasteiger partial charge is 0.137 e. The van der Waals surface area contributed by atoms with Crippen molar-refractivity contribution < 1.29 is 4.74 Å². The number of ether oxygens (including phenoxy) is 1. The van der Waals surface area contributed by atoms with Crippen molar-refractivity contribution in [1.29, 1.82) is 0 Å². The summed E-state index contributed by atoms with van der Waals surface area (Å²) in [6, 6.07) is 8.93. The molecule has 0 saturated heterocycles. The molecule has 11 heavy (non-hydrogen) atoms. The zero-order chi connectivity index (χ0) is 7.68. The van der Waals surface area contributed by atoms with Gasteiger partial charge in [-0.25, -0.2) is 0 Å². The third-order valence-corrected chi connectivity index (χ3v) is 2.54. The summed E-state index contributed by atoms with van der Waals surface area (Å²) in [5.41, 5.74) is 0. The van der Waals surface area contributed by atoms with Crippen molar-refractivity contribution >= 4 is 21.4 Å². The van der Waals surface area contributed by atoms with Crippen LogP contribution in [0.4, 0.5) is 0 Å². The van der Waals surface area contributed by atoms with E-state index in [1.807, 2.05) is 23.6 Å². The lowest BCUT2D eigenvalue weighted by Gasteiger charge is -1.93. The number of hydrogen-bond acceptors (Lipinski definition) is 2.